The number of Topliss-reactive ketones (excluding diaryl/α,β-unsaturated/α-hetero) is 1. The van der Waals surface area contributed by atoms with Crippen LogP contribution in [0.2, 0.25) is 0 Å². The van der Waals surface area contributed by atoms with Crippen molar-refractivity contribution in [3.05, 3.63) is 58.9 Å². The number of ketones is 1. The van der Waals surface area contributed by atoms with Gasteiger partial charge in [0.1, 0.15) is 5.82 Å². The first-order chi connectivity index (χ1) is 15.4. The van der Waals surface area contributed by atoms with Crippen molar-refractivity contribution in [3.8, 4) is 11.5 Å². The molecule has 2 aromatic rings. The lowest BCUT2D eigenvalue weighted by Gasteiger charge is -2.34. The van der Waals surface area contributed by atoms with Gasteiger partial charge >= 0.3 is 0 Å². The first kappa shape index (κ1) is 25.4. The molecule has 0 bridgehead atoms. The third kappa shape index (κ3) is 5.49. The van der Waals surface area contributed by atoms with Crippen LogP contribution >= 0.6 is 12.4 Å². The highest BCUT2D eigenvalue weighted by molar-refractivity contribution is 6.07. The van der Waals surface area contributed by atoms with Crippen LogP contribution in [0.3, 0.4) is 0 Å². The molecule has 1 aliphatic carbocycles. The Balaban J connectivity index is 0.00000306. The predicted molar refractivity (Wildman–Crippen MR) is 127 cm³/mol. The molecule has 1 saturated heterocycles. The van der Waals surface area contributed by atoms with E-state index in [1.165, 1.54) is 6.07 Å². The quantitative estimate of drug-likeness (QED) is 0.480. The van der Waals surface area contributed by atoms with E-state index in [0.29, 0.717) is 47.9 Å². The van der Waals surface area contributed by atoms with Gasteiger partial charge < -0.3 is 9.47 Å². The molecule has 0 amide bonds. The fraction of sp³-hybridized carbons (Fsp3) is 0.500. The summed E-state index contributed by atoms with van der Waals surface area (Å²) in [5, 5.41) is 0. The van der Waals surface area contributed by atoms with Crippen molar-refractivity contribution in [2.75, 3.05) is 26.3 Å². The lowest BCUT2D eigenvalue weighted by molar-refractivity contribution is 0.0586. The Morgan fingerprint density at radius 2 is 1.70 bits per heavy atom. The number of carbonyl (C=O) groups is 1. The first-order valence-electron chi connectivity index (χ1n) is 11.6. The number of fused-ring (bicyclic) bond motifs is 1. The van der Waals surface area contributed by atoms with Gasteiger partial charge in [0, 0.05) is 24.1 Å². The Bertz CT molecular complexity index is 978. The Labute approximate surface area is 200 Å². The zero-order valence-corrected chi connectivity index (χ0v) is 20.1. The van der Waals surface area contributed by atoms with Gasteiger partial charge in [-0.2, -0.15) is 0 Å². The second-order valence-corrected chi connectivity index (χ2v) is 8.81. The van der Waals surface area contributed by atoms with Crippen molar-refractivity contribution in [3.63, 3.8) is 0 Å². The molecule has 1 atom stereocenters. The Kier molecular flexibility index (Phi) is 8.35. The van der Waals surface area contributed by atoms with Crippen LogP contribution in [0.4, 0.5) is 8.78 Å². The van der Waals surface area contributed by atoms with E-state index in [9.17, 15) is 9.18 Å². The molecule has 2 aliphatic rings. The minimum Gasteiger partial charge on any atom is -0.490 e. The zero-order valence-electron chi connectivity index (χ0n) is 19.2. The number of alkyl halides is 1. The number of ether oxygens (including phenoxy) is 2. The molecule has 1 heterocycles. The normalized spacial score (nSPS) is 20.9. The molecule has 0 spiro atoms. The number of carbonyl (C=O) groups excluding carboxylic acids is 1. The van der Waals surface area contributed by atoms with Crippen LogP contribution in [0.5, 0.6) is 11.5 Å². The molecule has 1 unspecified atom stereocenters. The third-order valence-electron chi connectivity index (χ3n) is 6.56. The van der Waals surface area contributed by atoms with Crippen molar-refractivity contribution in [1.82, 2.24) is 4.90 Å². The van der Waals surface area contributed by atoms with Gasteiger partial charge in [-0.3, -0.25) is 9.69 Å². The van der Waals surface area contributed by atoms with E-state index in [2.05, 4.69) is 4.90 Å². The topological polar surface area (TPSA) is 38.8 Å². The number of halogens is 3. The summed E-state index contributed by atoms with van der Waals surface area (Å²) in [6.45, 7) is 6.77. The SMILES string of the molecule is CCOc1cc2c(cc1OCC)C(=O)C(F)(CC1CCN(Cc3ccccc3F)CC1)C2.Cl. The number of nitrogens with zero attached hydrogens (tertiary/aromatic N) is 1. The van der Waals surface area contributed by atoms with Crippen molar-refractivity contribution in [1.29, 1.82) is 0 Å². The van der Waals surface area contributed by atoms with Crippen LogP contribution in [0.15, 0.2) is 36.4 Å². The van der Waals surface area contributed by atoms with Crippen LogP contribution in [0.1, 0.15) is 54.6 Å². The number of likely N-dealkylation sites (tertiary alicyclic amines) is 1. The Hall–Kier alpha value is -2.18. The molecule has 7 heteroatoms. The lowest BCUT2D eigenvalue weighted by Crippen LogP contribution is -2.39. The number of hydrogen-bond acceptors (Lipinski definition) is 4. The van der Waals surface area contributed by atoms with Crippen molar-refractivity contribution in [2.45, 2.75) is 51.7 Å². The Morgan fingerprint density at radius 1 is 1.06 bits per heavy atom. The fourth-order valence-corrected chi connectivity index (χ4v) is 4.96. The highest BCUT2D eigenvalue weighted by Gasteiger charge is 2.48. The van der Waals surface area contributed by atoms with Crippen LogP contribution in [-0.4, -0.2) is 42.7 Å². The minimum atomic E-state index is -1.88. The molecular weight excluding hydrogens is 448 g/mol. The van der Waals surface area contributed by atoms with Crippen LogP contribution in [-0.2, 0) is 13.0 Å². The van der Waals surface area contributed by atoms with E-state index in [1.54, 1.807) is 24.3 Å². The van der Waals surface area contributed by atoms with Crippen LogP contribution < -0.4 is 9.47 Å². The lowest BCUT2D eigenvalue weighted by atomic mass is 9.83. The van der Waals surface area contributed by atoms with E-state index in [0.717, 1.165) is 25.9 Å². The number of benzene rings is 2. The van der Waals surface area contributed by atoms with E-state index in [1.807, 2.05) is 19.9 Å². The van der Waals surface area contributed by atoms with E-state index >= 15 is 4.39 Å². The average molecular weight is 480 g/mol. The highest BCUT2D eigenvalue weighted by Crippen LogP contribution is 2.43. The average Bonchev–Trinajstić information content (AvgIpc) is 3.01. The number of rotatable bonds is 8. The summed E-state index contributed by atoms with van der Waals surface area (Å²) in [4.78, 5) is 15.2. The molecule has 0 aromatic heterocycles. The highest BCUT2D eigenvalue weighted by atomic mass is 35.5. The molecule has 1 aliphatic heterocycles. The summed E-state index contributed by atoms with van der Waals surface area (Å²) in [5.41, 5.74) is -0.0861. The zero-order chi connectivity index (χ0) is 22.7. The predicted octanol–water partition coefficient (Wildman–Crippen LogP) is 5.79. The summed E-state index contributed by atoms with van der Waals surface area (Å²) >= 11 is 0. The molecule has 33 heavy (non-hydrogen) atoms. The van der Waals surface area contributed by atoms with Gasteiger partial charge in [-0.05, 0) is 75.9 Å². The molecule has 2 aromatic carbocycles. The standard InChI is InChI=1S/C26H31F2NO3.ClH/c1-3-31-23-13-20-16-26(28,25(30)21(20)14-24(23)32-4-2)15-18-9-11-29(12-10-18)17-19-7-5-6-8-22(19)27;/h5-8,13-14,18H,3-4,9-12,15-17H2,1-2H3;1H. The summed E-state index contributed by atoms with van der Waals surface area (Å²) in [7, 11) is 0. The van der Waals surface area contributed by atoms with Crippen molar-refractivity contribution < 1.29 is 23.0 Å². The van der Waals surface area contributed by atoms with Crippen LogP contribution in [0.25, 0.3) is 0 Å². The van der Waals surface area contributed by atoms with Crippen molar-refractivity contribution >= 4 is 18.2 Å². The minimum absolute atomic E-state index is 0. The maximum atomic E-state index is 15.9. The molecule has 4 nitrogen and oxygen atoms in total. The van der Waals surface area contributed by atoms with E-state index < -0.39 is 11.5 Å². The van der Waals surface area contributed by atoms with Gasteiger partial charge in [-0.25, -0.2) is 8.78 Å². The van der Waals surface area contributed by atoms with E-state index in [4.69, 9.17) is 9.47 Å². The maximum absolute atomic E-state index is 15.9. The van der Waals surface area contributed by atoms with Gasteiger partial charge in [-0.1, -0.05) is 18.2 Å². The second-order valence-electron chi connectivity index (χ2n) is 8.81. The van der Waals surface area contributed by atoms with Crippen LogP contribution in [0, 0.1) is 11.7 Å². The third-order valence-corrected chi connectivity index (χ3v) is 6.56. The largest absolute Gasteiger partial charge is 0.490 e. The van der Waals surface area contributed by atoms with E-state index in [-0.39, 0.29) is 37.0 Å². The number of hydrogen-bond donors (Lipinski definition) is 0. The summed E-state index contributed by atoms with van der Waals surface area (Å²) < 4.78 is 41.1. The molecule has 1 fully saturated rings. The smallest absolute Gasteiger partial charge is 0.200 e. The van der Waals surface area contributed by atoms with Crippen molar-refractivity contribution in [2.24, 2.45) is 5.92 Å². The summed E-state index contributed by atoms with van der Waals surface area (Å²) in [6.07, 6.45) is 1.92. The molecule has 0 N–H and O–H groups in total. The summed E-state index contributed by atoms with van der Waals surface area (Å²) in [5.74, 6) is 0.557. The molecular formula is C26H32ClF2NO3. The van der Waals surface area contributed by atoms with Gasteiger partial charge in [-0.15, -0.1) is 12.4 Å². The molecule has 4 rings (SSSR count). The number of piperidine rings is 1. The summed E-state index contributed by atoms with van der Waals surface area (Å²) in [6, 6.07) is 10.2. The maximum Gasteiger partial charge on any atom is 0.200 e. The molecule has 0 saturated carbocycles. The monoisotopic (exact) mass is 479 g/mol. The second kappa shape index (κ2) is 10.8. The van der Waals surface area contributed by atoms with Gasteiger partial charge in [0.25, 0.3) is 0 Å². The van der Waals surface area contributed by atoms with Gasteiger partial charge in [0.15, 0.2) is 17.2 Å². The molecule has 0 radical (unpaired) electrons. The molecule has 180 valence electrons. The van der Waals surface area contributed by atoms with Gasteiger partial charge in [0.2, 0.25) is 5.78 Å². The Morgan fingerprint density at radius 3 is 2.33 bits per heavy atom. The van der Waals surface area contributed by atoms with Gasteiger partial charge in [0.05, 0.1) is 13.2 Å². The fourth-order valence-electron chi connectivity index (χ4n) is 4.96. The first-order valence-corrected chi connectivity index (χ1v) is 11.6.